The van der Waals surface area contributed by atoms with E-state index in [0.717, 1.165) is 35.5 Å². The van der Waals surface area contributed by atoms with Crippen molar-refractivity contribution in [2.45, 2.75) is 140 Å². The van der Waals surface area contributed by atoms with Gasteiger partial charge in [-0.2, -0.15) is 0 Å². The van der Waals surface area contributed by atoms with Gasteiger partial charge in [0.15, 0.2) is 0 Å². The van der Waals surface area contributed by atoms with Gasteiger partial charge in [-0.25, -0.2) is 0 Å². The smallest absolute Gasteiger partial charge is 0.0728 e. The number of aryl methyl sites for hydroxylation is 4. The molecule has 2 nitrogen and oxygen atoms in total. The number of hydrogen-bond acceptors (Lipinski definition) is 1. The van der Waals surface area contributed by atoms with Gasteiger partial charge in [0.2, 0.25) is 0 Å². The van der Waals surface area contributed by atoms with E-state index in [0.29, 0.717) is 11.8 Å². The van der Waals surface area contributed by atoms with E-state index in [-0.39, 0.29) is 5.41 Å². The molecule has 16 rings (SSSR count). The Morgan fingerprint density at radius 3 is 1.76 bits per heavy atom. The van der Waals surface area contributed by atoms with Crippen LogP contribution in [0.3, 0.4) is 0 Å². The molecule has 0 spiro atoms. The molecule has 0 amide bonds. The molecule has 0 radical (unpaired) electrons. The second kappa shape index (κ2) is 9.03. The number of fused-ring (bicyclic) bond motifs is 8. The van der Waals surface area contributed by atoms with Crippen LogP contribution >= 0.6 is 0 Å². The van der Waals surface area contributed by atoms with Crippen LogP contribution in [-0.4, -0.2) is 9.38 Å². The van der Waals surface area contributed by atoms with Crippen LogP contribution in [0.15, 0.2) is 30.5 Å². The van der Waals surface area contributed by atoms with Gasteiger partial charge in [-0.05, 0) is 198 Å². The normalized spacial score (nSPS) is 32.3. The molecule has 3 heterocycles. The molecule has 6 aromatic rings. The van der Waals surface area contributed by atoms with Gasteiger partial charge in [-0.3, -0.25) is 4.98 Å². The Labute approximate surface area is 301 Å². The highest BCUT2D eigenvalue weighted by Gasteiger charge is 2.47. The average Bonchev–Trinajstić information content (AvgIpc) is 3.50. The van der Waals surface area contributed by atoms with Crippen molar-refractivity contribution in [1.29, 1.82) is 0 Å². The Balaban J connectivity index is 1.18. The summed E-state index contributed by atoms with van der Waals surface area (Å²) in [6, 6.07) is 10.5. The van der Waals surface area contributed by atoms with Gasteiger partial charge >= 0.3 is 0 Å². The summed E-state index contributed by atoms with van der Waals surface area (Å²) >= 11 is 0. The van der Waals surface area contributed by atoms with E-state index in [2.05, 4.69) is 55.6 Å². The summed E-state index contributed by atoms with van der Waals surface area (Å²) < 4.78 is 2.82. The summed E-state index contributed by atoms with van der Waals surface area (Å²) in [6.07, 6.45) is 21.4. The third-order valence-corrected chi connectivity index (χ3v) is 16.9. The zero-order valence-corrected chi connectivity index (χ0v) is 30.8. The number of aromatic nitrogens is 2. The largest absolute Gasteiger partial charge is 0.306 e. The summed E-state index contributed by atoms with van der Waals surface area (Å²) in [5.41, 5.74) is 23.1. The molecule has 2 heteroatoms. The molecule has 8 bridgehead atoms. The summed E-state index contributed by atoms with van der Waals surface area (Å²) in [5.74, 6) is 6.57. The maximum atomic E-state index is 5.59. The maximum Gasteiger partial charge on any atom is 0.0728 e. The fourth-order valence-electron chi connectivity index (χ4n) is 15.4. The lowest BCUT2D eigenvalue weighted by atomic mass is 9.67. The molecule has 0 aliphatic heterocycles. The second-order valence-electron chi connectivity index (χ2n) is 20.6. The van der Waals surface area contributed by atoms with Gasteiger partial charge in [0.1, 0.15) is 0 Å². The van der Waals surface area contributed by atoms with Crippen LogP contribution in [0.5, 0.6) is 0 Å². The molecule has 51 heavy (non-hydrogen) atoms. The average molecular weight is 667 g/mol. The van der Waals surface area contributed by atoms with E-state index in [1.165, 1.54) is 112 Å². The zero-order chi connectivity index (χ0) is 33.2. The molecule has 3 aromatic carbocycles. The summed E-state index contributed by atoms with van der Waals surface area (Å²) in [7, 11) is 0. The van der Waals surface area contributed by atoms with Crippen LogP contribution in [0.25, 0.3) is 49.2 Å². The first-order valence-corrected chi connectivity index (χ1v) is 21.2. The molecule has 256 valence electrons. The molecule has 3 aromatic heterocycles. The van der Waals surface area contributed by atoms with Crippen LogP contribution in [0.1, 0.15) is 159 Å². The molecule has 0 N–H and O–H groups in total. The molecule has 4 unspecified atom stereocenters. The van der Waals surface area contributed by atoms with E-state index in [1.807, 2.05) is 0 Å². The first kappa shape index (κ1) is 28.2. The van der Waals surface area contributed by atoms with Gasteiger partial charge in [-0.1, -0.05) is 39.0 Å². The Morgan fingerprint density at radius 1 is 0.569 bits per heavy atom. The van der Waals surface area contributed by atoms with Gasteiger partial charge in [0.25, 0.3) is 0 Å². The number of rotatable bonds is 0. The summed E-state index contributed by atoms with van der Waals surface area (Å²) in [4.78, 5) is 5.59. The molecule has 10 aliphatic carbocycles. The number of nitrogens with zero attached hydrogens (tertiary/aromatic N) is 2. The highest BCUT2D eigenvalue weighted by atomic mass is 14.9. The summed E-state index contributed by atoms with van der Waals surface area (Å²) in [6.45, 7) is 7.23. The van der Waals surface area contributed by atoms with Gasteiger partial charge in [-0.15, -0.1) is 0 Å². The molecule has 10 aliphatic rings. The Bertz CT molecular complexity index is 2400. The SMILES string of the molecule is CC(C)(C)c1cc2c3c(c1)CCc1c-3c(c3c4c5c(ccc4n4c6cnc7c(c6c1c34)C1CC3CC(CC7C3)C1)C1CC3CC(C1)CC5C3)CC2. The number of pyridine rings is 1. The minimum absolute atomic E-state index is 0.176. The van der Waals surface area contributed by atoms with Crippen molar-refractivity contribution >= 4 is 38.1 Å². The van der Waals surface area contributed by atoms with Gasteiger partial charge in [0.05, 0.1) is 22.7 Å². The van der Waals surface area contributed by atoms with E-state index in [9.17, 15) is 0 Å². The fraction of sp³-hybridized carbons (Fsp3) is 0.531. The fourth-order valence-corrected chi connectivity index (χ4v) is 15.4. The zero-order valence-electron chi connectivity index (χ0n) is 30.8. The van der Waals surface area contributed by atoms with Crippen molar-refractivity contribution in [3.05, 3.63) is 80.7 Å². The predicted molar refractivity (Wildman–Crippen MR) is 209 cm³/mol. The molecule has 0 saturated heterocycles. The third-order valence-electron chi connectivity index (χ3n) is 16.9. The minimum atomic E-state index is 0.176. The van der Waals surface area contributed by atoms with Crippen molar-refractivity contribution in [2.24, 2.45) is 23.7 Å². The summed E-state index contributed by atoms with van der Waals surface area (Å²) in [5, 5.41) is 6.68. The molecular weight excluding hydrogens is 617 g/mol. The van der Waals surface area contributed by atoms with E-state index >= 15 is 0 Å². The monoisotopic (exact) mass is 666 g/mol. The van der Waals surface area contributed by atoms with Crippen LogP contribution in [0.2, 0.25) is 0 Å². The van der Waals surface area contributed by atoms with Crippen molar-refractivity contribution in [1.82, 2.24) is 9.38 Å². The first-order valence-electron chi connectivity index (χ1n) is 21.2. The standard InChI is InChI=1S/C49H50N2/c1-49(2,3)33-20-27-4-6-35-42-36(7-5-28(21-33)39(27)42)44-46-38(22-50-47-32-18-25-11-26(19-32)17-31(16-25)41(46)47)51-37-9-8-34-29-12-23-10-24(13-29)15-30(14-23)40(34)45(37)43(35)48(44)51/h8-9,20-26,29-32H,4-7,10-19H2,1-3H3. The molecule has 4 atom stereocenters. The van der Waals surface area contributed by atoms with E-state index in [4.69, 9.17) is 4.98 Å². The topological polar surface area (TPSA) is 17.3 Å². The lowest BCUT2D eigenvalue weighted by molar-refractivity contribution is 0.165. The van der Waals surface area contributed by atoms with Crippen LogP contribution < -0.4 is 0 Å². The minimum Gasteiger partial charge on any atom is -0.306 e. The van der Waals surface area contributed by atoms with Gasteiger partial charge in [0, 0.05) is 33.2 Å². The van der Waals surface area contributed by atoms with Crippen LogP contribution in [0.4, 0.5) is 0 Å². The maximum absolute atomic E-state index is 5.59. The Morgan fingerprint density at radius 2 is 1.14 bits per heavy atom. The lowest BCUT2D eigenvalue weighted by Gasteiger charge is -2.38. The van der Waals surface area contributed by atoms with Crippen LogP contribution in [0, 0.1) is 23.7 Å². The Hall–Kier alpha value is -3.39. The highest BCUT2D eigenvalue weighted by Crippen LogP contribution is 2.62. The van der Waals surface area contributed by atoms with Crippen molar-refractivity contribution in [2.75, 3.05) is 0 Å². The Kier molecular flexibility index (Phi) is 4.99. The lowest BCUT2D eigenvalue weighted by Crippen LogP contribution is -2.25. The van der Waals surface area contributed by atoms with Crippen LogP contribution in [-0.2, 0) is 31.1 Å². The highest BCUT2D eigenvalue weighted by molar-refractivity contribution is 6.29. The van der Waals surface area contributed by atoms with Gasteiger partial charge < -0.3 is 4.40 Å². The first-order chi connectivity index (χ1) is 24.9. The predicted octanol–water partition coefficient (Wildman–Crippen LogP) is 12.2. The number of benzene rings is 3. The van der Waals surface area contributed by atoms with Crippen molar-refractivity contribution in [3.63, 3.8) is 0 Å². The van der Waals surface area contributed by atoms with E-state index < -0.39 is 0 Å². The second-order valence-corrected chi connectivity index (χ2v) is 20.6. The van der Waals surface area contributed by atoms with Crippen molar-refractivity contribution < 1.29 is 0 Å². The molecule has 4 saturated carbocycles. The van der Waals surface area contributed by atoms with E-state index in [1.54, 1.807) is 77.1 Å². The molecular formula is C49H50N2. The number of hydrogen-bond donors (Lipinski definition) is 0. The third kappa shape index (κ3) is 3.34. The quantitative estimate of drug-likeness (QED) is 0.158. The molecule has 4 fully saturated rings. The van der Waals surface area contributed by atoms with Crippen molar-refractivity contribution in [3.8, 4) is 11.1 Å².